The topological polar surface area (TPSA) is 34.6 Å². The molecule has 1 saturated heterocycles. The van der Waals surface area contributed by atoms with Crippen LogP contribution in [0.15, 0.2) is 18.3 Å². The molecule has 4 heteroatoms. The first-order valence-corrected chi connectivity index (χ1v) is 11.3. The average molecular weight is 334 g/mol. The first kappa shape index (κ1) is 17.1. The lowest BCUT2D eigenvalue weighted by Crippen LogP contribution is -2.48. The van der Waals surface area contributed by atoms with E-state index in [1.54, 1.807) is 0 Å². The van der Waals surface area contributed by atoms with Crippen LogP contribution in [0.2, 0.25) is 16.6 Å². The van der Waals surface area contributed by atoms with Crippen molar-refractivity contribution in [1.82, 2.24) is 4.98 Å². The van der Waals surface area contributed by atoms with E-state index in [1.165, 1.54) is 5.56 Å². The summed E-state index contributed by atoms with van der Waals surface area (Å²) in [6.07, 6.45) is 4.82. The Morgan fingerprint density at radius 2 is 1.74 bits per heavy atom. The van der Waals surface area contributed by atoms with Crippen molar-refractivity contribution in [3.8, 4) is 0 Å². The van der Waals surface area contributed by atoms with Gasteiger partial charge in [-0.05, 0) is 35.5 Å². The van der Waals surface area contributed by atoms with Gasteiger partial charge in [0, 0.05) is 11.8 Å². The normalized spacial score (nSPS) is 27.1. The van der Waals surface area contributed by atoms with E-state index < -0.39 is 8.32 Å². The van der Waals surface area contributed by atoms with Gasteiger partial charge < -0.3 is 9.16 Å². The number of aromatic nitrogens is 1. The number of pyridine rings is 1. The van der Waals surface area contributed by atoms with Gasteiger partial charge in [0.2, 0.25) is 8.32 Å². The predicted molar refractivity (Wildman–Crippen MR) is 96.0 cm³/mol. The second kappa shape index (κ2) is 6.30. The second-order valence-corrected chi connectivity index (χ2v) is 13.5. The molecule has 0 saturated carbocycles. The quantitative estimate of drug-likeness (QED) is 0.523. The molecule has 0 spiro atoms. The Morgan fingerprint density at radius 1 is 1.09 bits per heavy atom. The van der Waals surface area contributed by atoms with Gasteiger partial charge in [-0.2, -0.15) is 0 Å². The summed E-state index contributed by atoms with van der Waals surface area (Å²) < 4.78 is 12.9. The fraction of sp³-hybridized carbons (Fsp3) is 0.737. The highest BCUT2D eigenvalue weighted by molar-refractivity contribution is 6.77. The molecule has 0 bridgehead atoms. The lowest BCUT2D eigenvalue weighted by molar-refractivity contribution is 0.153. The molecule has 2 aliphatic rings. The largest absolute Gasteiger partial charge is 0.408 e. The number of epoxide rings is 1. The first-order chi connectivity index (χ1) is 10.9. The van der Waals surface area contributed by atoms with Crippen molar-refractivity contribution in [3.63, 3.8) is 0 Å². The fourth-order valence-electron chi connectivity index (χ4n) is 4.80. The van der Waals surface area contributed by atoms with Crippen LogP contribution in [-0.4, -0.2) is 19.4 Å². The molecular weight excluding hydrogens is 302 g/mol. The van der Waals surface area contributed by atoms with Gasteiger partial charge in [0.15, 0.2) is 0 Å². The zero-order chi connectivity index (χ0) is 16.8. The molecule has 23 heavy (non-hydrogen) atoms. The molecule has 3 rings (SSSR count). The van der Waals surface area contributed by atoms with Crippen molar-refractivity contribution in [2.75, 3.05) is 0 Å². The summed E-state index contributed by atoms with van der Waals surface area (Å²) in [4.78, 5) is 4.72. The zero-order valence-electron chi connectivity index (χ0n) is 15.4. The maximum absolute atomic E-state index is 7.06. The summed E-state index contributed by atoms with van der Waals surface area (Å²) in [6, 6.07) is 4.20. The number of hydrogen-bond acceptors (Lipinski definition) is 3. The summed E-state index contributed by atoms with van der Waals surface area (Å²) in [5.74, 6) is 0. The van der Waals surface area contributed by atoms with Crippen LogP contribution >= 0.6 is 0 Å². The van der Waals surface area contributed by atoms with E-state index in [1.807, 2.05) is 12.3 Å². The van der Waals surface area contributed by atoms with Crippen molar-refractivity contribution >= 4 is 8.32 Å². The number of nitrogens with zero attached hydrogens (tertiary/aromatic N) is 1. The van der Waals surface area contributed by atoms with Crippen LogP contribution in [0.25, 0.3) is 0 Å². The van der Waals surface area contributed by atoms with E-state index in [-0.39, 0.29) is 12.2 Å². The van der Waals surface area contributed by atoms with Crippen LogP contribution in [0.5, 0.6) is 0 Å². The number of fused-ring (bicyclic) bond motifs is 3. The summed E-state index contributed by atoms with van der Waals surface area (Å²) in [5.41, 5.74) is 4.20. The molecule has 0 N–H and O–H groups in total. The van der Waals surface area contributed by atoms with E-state index in [0.29, 0.717) is 22.7 Å². The van der Waals surface area contributed by atoms with Gasteiger partial charge in [0.25, 0.3) is 0 Å². The van der Waals surface area contributed by atoms with E-state index in [4.69, 9.17) is 14.1 Å². The highest BCUT2D eigenvalue weighted by Crippen LogP contribution is 2.51. The predicted octanol–water partition coefficient (Wildman–Crippen LogP) is 5.55. The van der Waals surface area contributed by atoms with E-state index in [9.17, 15) is 0 Å². The molecule has 0 aromatic carbocycles. The van der Waals surface area contributed by atoms with Crippen molar-refractivity contribution in [1.29, 1.82) is 0 Å². The average Bonchev–Trinajstić information content (AvgIpc) is 3.26. The fourth-order valence-corrected chi connectivity index (χ4v) is 10.3. The Hall–Kier alpha value is -0.713. The van der Waals surface area contributed by atoms with E-state index in [0.717, 1.165) is 18.5 Å². The number of hydrogen-bond donors (Lipinski definition) is 0. The van der Waals surface area contributed by atoms with Crippen molar-refractivity contribution in [2.45, 2.75) is 89.3 Å². The number of ether oxygens (including phenoxy) is 1. The highest BCUT2D eigenvalue weighted by Gasteiger charge is 2.50. The third-order valence-electron chi connectivity index (χ3n) is 5.83. The van der Waals surface area contributed by atoms with E-state index >= 15 is 0 Å². The molecule has 128 valence electrons. The van der Waals surface area contributed by atoms with Crippen LogP contribution in [0.1, 0.15) is 77.8 Å². The van der Waals surface area contributed by atoms with Crippen LogP contribution in [0.4, 0.5) is 0 Å². The zero-order valence-corrected chi connectivity index (χ0v) is 16.4. The molecule has 0 amide bonds. The smallest absolute Gasteiger partial charge is 0.201 e. The Kier molecular flexibility index (Phi) is 4.69. The van der Waals surface area contributed by atoms with Gasteiger partial charge in [0.1, 0.15) is 6.10 Å². The lowest BCUT2D eigenvalue weighted by Gasteiger charge is -2.44. The highest BCUT2D eigenvalue weighted by atomic mass is 28.4. The molecular formula is C19H31NO2Si. The molecule has 1 aromatic heterocycles. The molecule has 1 aromatic rings. The number of rotatable bonds is 5. The summed E-state index contributed by atoms with van der Waals surface area (Å²) in [5, 5.41) is 0. The standard InChI is InChI=1S/C19H31NO2Si/c1-12(2)23(13(3)4,14(5)6)22-16-9-10-17-19(21-17)15-8-7-11-20-18(15)16/h7-8,11-14,16-17,19H,9-10H2,1-6H3. The molecule has 3 unspecified atom stereocenters. The van der Waals surface area contributed by atoms with Crippen LogP contribution < -0.4 is 0 Å². The van der Waals surface area contributed by atoms with E-state index in [2.05, 4.69) is 47.6 Å². The van der Waals surface area contributed by atoms with Crippen molar-refractivity contribution < 1.29 is 9.16 Å². The monoisotopic (exact) mass is 333 g/mol. The minimum absolute atomic E-state index is 0.140. The molecule has 1 aliphatic heterocycles. The Morgan fingerprint density at radius 3 is 2.35 bits per heavy atom. The molecule has 3 nitrogen and oxygen atoms in total. The molecule has 3 atom stereocenters. The Bertz CT molecular complexity index is 536. The van der Waals surface area contributed by atoms with Gasteiger partial charge in [-0.25, -0.2) is 0 Å². The first-order valence-electron chi connectivity index (χ1n) is 9.16. The van der Waals surface area contributed by atoms with Gasteiger partial charge >= 0.3 is 0 Å². The maximum Gasteiger partial charge on any atom is 0.201 e. The summed E-state index contributed by atoms with van der Waals surface area (Å²) in [7, 11) is -1.89. The minimum Gasteiger partial charge on any atom is -0.408 e. The van der Waals surface area contributed by atoms with Crippen molar-refractivity contribution in [2.24, 2.45) is 0 Å². The molecule has 2 heterocycles. The van der Waals surface area contributed by atoms with Gasteiger partial charge in [-0.15, -0.1) is 0 Å². The van der Waals surface area contributed by atoms with Gasteiger partial charge in [0.05, 0.1) is 17.9 Å². The molecule has 1 aliphatic carbocycles. The van der Waals surface area contributed by atoms with Crippen LogP contribution in [-0.2, 0) is 9.16 Å². The van der Waals surface area contributed by atoms with Crippen LogP contribution in [0.3, 0.4) is 0 Å². The van der Waals surface area contributed by atoms with Gasteiger partial charge in [-0.3, -0.25) is 4.98 Å². The lowest BCUT2D eigenvalue weighted by atomic mass is 10.1. The van der Waals surface area contributed by atoms with Crippen molar-refractivity contribution in [3.05, 3.63) is 29.6 Å². The maximum atomic E-state index is 7.06. The molecule has 0 radical (unpaired) electrons. The third kappa shape index (κ3) is 2.90. The Balaban J connectivity index is 1.96. The van der Waals surface area contributed by atoms with Gasteiger partial charge in [-0.1, -0.05) is 47.6 Å². The summed E-state index contributed by atoms with van der Waals surface area (Å²) in [6.45, 7) is 14.1. The third-order valence-corrected chi connectivity index (χ3v) is 11.9. The Labute approximate surface area is 141 Å². The minimum atomic E-state index is -1.89. The SMILES string of the molecule is CC(C)[Si](OC1CCC2OC2c2cccnc21)(C(C)C)C(C)C. The second-order valence-electron chi connectivity index (χ2n) is 8.07. The molecule has 1 fully saturated rings. The van der Waals surface area contributed by atoms with Crippen LogP contribution in [0, 0.1) is 0 Å². The summed E-state index contributed by atoms with van der Waals surface area (Å²) >= 11 is 0.